The van der Waals surface area contributed by atoms with Gasteiger partial charge in [-0.25, -0.2) is 0 Å². The minimum Gasteiger partial charge on any atom is -0.497 e. The van der Waals surface area contributed by atoms with Crippen LogP contribution in [-0.2, 0) is 0 Å². The molecule has 1 unspecified atom stereocenters. The second-order valence-corrected chi connectivity index (χ2v) is 6.21. The Morgan fingerprint density at radius 2 is 2.09 bits per heavy atom. The van der Waals surface area contributed by atoms with Gasteiger partial charge in [-0.1, -0.05) is 16.6 Å². The van der Waals surface area contributed by atoms with Gasteiger partial charge in [0, 0.05) is 11.9 Å². The third-order valence-electron chi connectivity index (χ3n) is 4.06. The molecule has 1 aromatic carbocycles. The molecule has 0 spiro atoms. The molecule has 1 fully saturated rings. The molecule has 1 aromatic heterocycles. The third-order valence-corrected chi connectivity index (χ3v) is 4.56. The van der Waals surface area contributed by atoms with E-state index < -0.39 is 0 Å². The number of methoxy groups -OCH3 is 1. The molecule has 2 heterocycles. The zero-order chi connectivity index (χ0) is 16.1. The first-order valence-corrected chi connectivity index (χ1v) is 8.54. The van der Waals surface area contributed by atoms with Crippen LogP contribution in [0, 0.1) is 0 Å². The van der Waals surface area contributed by atoms with Crippen LogP contribution in [0.3, 0.4) is 0 Å². The van der Waals surface area contributed by atoms with Crippen LogP contribution in [0.5, 0.6) is 5.75 Å². The molecule has 0 aliphatic carbocycles. The molecule has 1 aliphatic heterocycles. The summed E-state index contributed by atoms with van der Waals surface area (Å²) in [6.07, 6.45) is 2.44. The first-order chi connectivity index (χ1) is 11.3. The Kier molecular flexibility index (Phi) is 5.19. The van der Waals surface area contributed by atoms with E-state index in [2.05, 4.69) is 19.8 Å². The van der Waals surface area contributed by atoms with E-state index in [-0.39, 0.29) is 11.9 Å². The second-order valence-electron chi connectivity index (χ2n) is 5.60. The fourth-order valence-corrected chi connectivity index (χ4v) is 3.23. The van der Waals surface area contributed by atoms with E-state index in [0.717, 1.165) is 30.9 Å². The van der Waals surface area contributed by atoms with Crippen molar-refractivity contribution in [3.05, 3.63) is 40.9 Å². The molecule has 2 aromatic rings. The number of nitrogens with zero attached hydrogens (tertiary/aromatic N) is 3. The standard InChI is InChI=1S/C16H20N4O2S/c1-22-13-6-4-12(5-7-13)14(10-20-8-2-3-9-20)17-16(21)15-11-23-19-18-15/h4-7,11,14H,2-3,8-10H2,1H3,(H,17,21). The Labute approximate surface area is 139 Å². The number of carbonyl (C=O) groups is 1. The van der Waals surface area contributed by atoms with Gasteiger partial charge in [0.15, 0.2) is 5.69 Å². The fourth-order valence-electron chi connectivity index (χ4n) is 2.79. The maximum atomic E-state index is 12.3. The van der Waals surface area contributed by atoms with Crippen molar-refractivity contribution in [1.82, 2.24) is 19.8 Å². The van der Waals surface area contributed by atoms with E-state index in [0.29, 0.717) is 5.69 Å². The Morgan fingerprint density at radius 3 is 2.70 bits per heavy atom. The van der Waals surface area contributed by atoms with Crippen molar-refractivity contribution in [2.24, 2.45) is 0 Å². The van der Waals surface area contributed by atoms with E-state index in [4.69, 9.17) is 4.74 Å². The Morgan fingerprint density at radius 1 is 1.35 bits per heavy atom. The normalized spacial score (nSPS) is 16.2. The van der Waals surface area contributed by atoms with Crippen LogP contribution < -0.4 is 10.1 Å². The van der Waals surface area contributed by atoms with Crippen molar-refractivity contribution in [3.8, 4) is 5.75 Å². The monoisotopic (exact) mass is 332 g/mol. The van der Waals surface area contributed by atoms with Gasteiger partial charge in [0.25, 0.3) is 5.91 Å². The summed E-state index contributed by atoms with van der Waals surface area (Å²) in [4.78, 5) is 14.7. The highest BCUT2D eigenvalue weighted by atomic mass is 32.1. The summed E-state index contributed by atoms with van der Waals surface area (Å²) >= 11 is 1.18. The Bertz CT molecular complexity index is 624. The Balaban J connectivity index is 1.75. The summed E-state index contributed by atoms with van der Waals surface area (Å²) in [7, 11) is 1.65. The summed E-state index contributed by atoms with van der Waals surface area (Å²) < 4.78 is 8.96. The van der Waals surface area contributed by atoms with Crippen LogP contribution in [0.4, 0.5) is 0 Å². The number of rotatable bonds is 6. The molecule has 1 saturated heterocycles. The van der Waals surface area contributed by atoms with Gasteiger partial charge < -0.3 is 15.0 Å². The molecule has 122 valence electrons. The van der Waals surface area contributed by atoms with Crippen LogP contribution in [0.2, 0.25) is 0 Å². The molecule has 1 N–H and O–H groups in total. The highest BCUT2D eigenvalue weighted by Crippen LogP contribution is 2.21. The van der Waals surface area contributed by atoms with E-state index in [9.17, 15) is 4.79 Å². The molecule has 3 rings (SSSR count). The molecule has 1 amide bonds. The molecule has 23 heavy (non-hydrogen) atoms. The minimum absolute atomic E-state index is 0.0757. The number of ether oxygens (including phenoxy) is 1. The van der Waals surface area contributed by atoms with Gasteiger partial charge in [0.1, 0.15) is 5.75 Å². The van der Waals surface area contributed by atoms with Gasteiger partial charge in [-0.3, -0.25) is 4.79 Å². The van der Waals surface area contributed by atoms with E-state index >= 15 is 0 Å². The highest BCUT2D eigenvalue weighted by Gasteiger charge is 2.22. The lowest BCUT2D eigenvalue weighted by molar-refractivity contribution is 0.0922. The molecular formula is C16H20N4O2S. The SMILES string of the molecule is COc1ccc(C(CN2CCCC2)NC(=O)c2csnn2)cc1. The average molecular weight is 332 g/mol. The Hall–Kier alpha value is -1.99. The number of amides is 1. The molecule has 7 heteroatoms. The first-order valence-electron chi connectivity index (χ1n) is 7.70. The largest absolute Gasteiger partial charge is 0.497 e. The lowest BCUT2D eigenvalue weighted by Gasteiger charge is -2.24. The van der Waals surface area contributed by atoms with Crippen LogP contribution in [0.15, 0.2) is 29.6 Å². The summed E-state index contributed by atoms with van der Waals surface area (Å²) in [6, 6.07) is 7.76. The number of carbonyl (C=O) groups excluding carboxylic acids is 1. The predicted molar refractivity (Wildman–Crippen MR) is 88.8 cm³/mol. The van der Waals surface area contributed by atoms with Gasteiger partial charge in [0.2, 0.25) is 0 Å². The van der Waals surface area contributed by atoms with E-state index in [1.165, 1.54) is 24.4 Å². The third kappa shape index (κ3) is 4.05. The van der Waals surface area contributed by atoms with Crippen molar-refractivity contribution in [1.29, 1.82) is 0 Å². The summed E-state index contributed by atoms with van der Waals surface area (Å²) in [5, 5.41) is 8.59. The number of likely N-dealkylation sites (tertiary alicyclic amines) is 1. The lowest BCUT2D eigenvalue weighted by Crippen LogP contribution is -2.37. The highest BCUT2D eigenvalue weighted by molar-refractivity contribution is 7.03. The van der Waals surface area contributed by atoms with Gasteiger partial charge in [0.05, 0.1) is 13.2 Å². The van der Waals surface area contributed by atoms with E-state index in [1.807, 2.05) is 24.3 Å². The maximum Gasteiger partial charge on any atom is 0.273 e. The molecular weight excluding hydrogens is 312 g/mol. The van der Waals surface area contributed by atoms with Gasteiger partial charge >= 0.3 is 0 Å². The smallest absolute Gasteiger partial charge is 0.273 e. The van der Waals surface area contributed by atoms with Crippen LogP contribution in [0.1, 0.15) is 34.9 Å². The van der Waals surface area contributed by atoms with Crippen LogP contribution in [0.25, 0.3) is 0 Å². The topological polar surface area (TPSA) is 67.3 Å². The molecule has 0 radical (unpaired) electrons. The van der Waals surface area contributed by atoms with Gasteiger partial charge in [-0.15, -0.1) is 5.10 Å². The van der Waals surface area contributed by atoms with Crippen molar-refractivity contribution < 1.29 is 9.53 Å². The van der Waals surface area contributed by atoms with Crippen LogP contribution >= 0.6 is 11.5 Å². The molecule has 0 bridgehead atoms. The van der Waals surface area contributed by atoms with E-state index in [1.54, 1.807) is 12.5 Å². The second kappa shape index (κ2) is 7.52. The minimum atomic E-state index is -0.182. The van der Waals surface area contributed by atoms with Gasteiger partial charge in [-0.2, -0.15) is 0 Å². The van der Waals surface area contributed by atoms with Crippen molar-refractivity contribution in [2.75, 3.05) is 26.7 Å². The maximum absolute atomic E-state index is 12.3. The quantitative estimate of drug-likeness (QED) is 0.877. The number of nitrogens with one attached hydrogen (secondary N) is 1. The number of aromatic nitrogens is 2. The number of hydrogen-bond donors (Lipinski definition) is 1. The number of benzene rings is 1. The molecule has 6 nitrogen and oxygen atoms in total. The summed E-state index contributed by atoms with van der Waals surface area (Å²) in [5.74, 6) is 0.627. The summed E-state index contributed by atoms with van der Waals surface area (Å²) in [5.41, 5.74) is 1.43. The van der Waals surface area contributed by atoms with Crippen molar-refractivity contribution in [2.45, 2.75) is 18.9 Å². The van der Waals surface area contributed by atoms with Crippen molar-refractivity contribution >= 4 is 17.4 Å². The van der Waals surface area contributed by atoms with Gasteiger partial charge in [-0.05, 0) is 55.2 Å². The fraction of sp³-hybridized carbons (Fsp3) is 0.438. The number of hydrogen-bond acceptors (Lipinski definition) is 6. The average Bonchev–Trinajstić information content (AvgIpc) is 3.28. The molecule has 1 atom stereocenters. The van der Waals surface area contributed by atoms with Crippen molar-refractivity contribution in [3.63, 3.8) is 0 Å². The van der Waals surface area contributed by atoms with Crippen LogP contribution in [-0.4, -0.2) is 47.1 Å². The zero-order valence-electron chi connectivity index (χ0n) is 13.1. The first kappa shape index (κ1) is 15.9. The lowest BCUT2D eigenvalue weighted by atomic mass is 10.1. The molecule has 0 saturated carbocycles. The molecule has 1 aliphatic rings. The summed E-state index contributed by atoms with van der Waals surface area (Å²) in [6.45, 7) is 2.97. The zero-order valence-corrected chi connectivity index (χ0v) is 13.9. The predicted octanol–water partition coefficient (Wildman–Crippen LogP) is 2.11.